The number of hydrogen-bond donors (Lipinski definition) is 0. The summed E-state index contributed by atoms with van der Waals surface area (Å²) in [6.45, 7) is 2.28. The topological polar surface area (TPSA) is 60.2 Å². The number of hydrogen-bond acceptors (Lipinski definition) is 5. The van der Waals surface area contributed by atoms with Gasteiger partial charge in [-0.25, -0.2) is 4.98 Å². The van der Waals surface area contributed by atoms with Crippen molar-refractivity contribution in [1.82, 2.24) is 19.4 Å². The third kappa shape index (κ3) is 3.84. The number of nitrogens with zero attached hydrogens (tertiary/aromatic N) is 4. The number of carbonyl (C=O) groups is 1. The molecule has 0 aromatic carbocycles. The fourth-order valence-electron chi connectivity index (χ4n) is 3.18. The molecule has 0 aliphatic carbocycles. The Labute approximate surface area is 156 Å². The molecule has 0 bridgehead atoms. The van der Waals surface area contributed by atoms with E-state index in [0.29, 0.717) is 32.7 Å². The molecule has 1 amide bonds. The third-order valence-electron chi connectivity index (χ3n) is 4.48. The molecule has 7 heteroatoms. The van der Waals surface area contributed by atoms with Crippen LogP contribution in [0.5, 0.6) is 0 Å². The monoisotopic (exact) mass is 368 g/mol. The molecule has 6 nitrogen and oxygen atoms in total. The summed E-state index contributed by atoms with van der Waals surface area (Å²) in [7, 11) is 0. The van der Waals surface area contributed by atoms with E-state index in [1.165, 1.54) is 0 Å². The van der Waals surface area contributed by atoms with Gasteiger partial charge < -0.3 is 14.2 Å². The first-order chi connectivity index (χ1) is 12.8. The van der Waals surface area contributed by atoms with E-state index in [2.05, 4.69) is 14.5 Å². The lowest BCUT2D eigenvalue weighted by Gasteiger charge is -2.34. The predicted molar refractivity (Wildman–Crippen MR) is 98.6 cm³/mol. The van der Waals surface area contributed by atoms with Gasteiger partial charge in [-0.2, -0.15) is 0 Å². The third-order valence-corrected chi connectivity index (χ3v) is 5.36. The minimum atomic E-state index is 0.0743. The van der Waals surface area contributed by atoms with E-state index in [4.69, 9.17) is 4.74 Å². The van der Waals surface area contributed by atoms with Crippen molar-refractivity contribution in [2.45, 2.75) is 25.6 Å². The zero-order chi connectivity index (χ0) is 17.8. The molecule has 1 atom stereocenters. The number of thiophene rings is 1. The van der Waals surface area contributed by atoms with Crippen LogP contribution in [0.3, 0.4) is 0 Å². The Balaban J connectivity index is 1.40. The molecule has 0 radical (unpaired) electrons. The van der Waals surface area contributed by atoms with Crippen molar-refractivity contribution >= 4 is 17.2 Å². The van der Waals surface area contributed by atoms with Crippen molar-refractivity contribution in [3.63, 3.8) is 0 Å². The Morgan fingerprint density at radius 1 is 1.27 bits per heavy atom. The Kier molecular flexibility index (Phi) is 5.08. The molecule has 4 heterocycles. The maximum absolute atomic E-state index is 12.7. The van der Waals surface area contributed by atoms with Crippen LogP contribution in [0.2, 0.25) is 0 Å². The van der Waals surface area contributed by atoms with Crippen LogP contribution in [0.15, 0.2) is 54.6 Å². The van der Waals surface area contributed by atoms with E-state index in [1.807, 2.05) is 47.1 Å². The first kappa shape index (κ1) is 16.9. The van der Waals surface area contributed by atoms with E-state index in [0.717, 1.165) is 16.1 Å². The molecule has 0 fully saturated rings. The Morgan fingerprint density at radius 2 is 2.23 bits per heavy atom. The van der Waals surface area contributed by atoms with E-state index in [9.17, 15) is 4.79 Å². The summed E-state index contributed by atoms with van der Waals surface area (Å²) in [5.74, 6) is 0.150. The second kappa shape index (κ2) is 7.80. The lowest BCUT2D eigenvalue weighted by molar-refractivity contribution is -0.132. The van der Waals surface area contributed by atoms with Gasteiger partial charge in [-0.15, -0.1) is 11.3 Å². The Bertz CT molecular complexity index is 848. The molecule has 3 aromatic rings. The van der Waals surface area contributed by atoms with Crippen LogP contribution in [-0.2, 0) is 29.1 Å². The highest BCUT2D eigenvalue weighted by atomic mass is 32.1. The standard InChI is InChI=1S/C19H20N4O2S/c24-19(7-18-4-2-6-26-18)22-10-16-9-21-14-23(16)17(11-22)13-25-12-15-3-1-5-20-8-15/h1-6,8-9,14,17H,7,10-13H2/t17-/m1/s1. The van der Waals surface area contributed by atoms with Crippen LogP contribution >= 0.6 is 11.3 Å². The predicted octanol–water partition coefficient (Wildman–Crippen LogP) is 2.68. The molecular weight excluding hydrogens is 348 g/mol. The number of pyridine rings is 1. The van der Waals surface area contributed by atoms with Crippen LogP contribution in [-0.4, -0.2) is 38.5 Å². The highest BCUT2D eigenvalue weighted by molar-refractivity contribution is 7.10. The number of ether oxygens (including phenoxy) is 1. The van der Waals surface area contributed by atoms with Crippen molar-refractivity contribution in [3.05, 3.63) is 70.7 Å². The summed E-state index contributed by atoms with van der Waals surface area (Å²) in [5, 5.41) is 2.00. The highest BCUT2D eigenvalue weighted by Crippen LogP contribution is 2.23. The van der Waals surface area contributed by atoms with Crippen LogP contribution in [0.4, 0.5) is 0 Å². The normalized spacial score (nSPS) is 16.5. The number of carbonyl (C=O) groups excluding carboxylic acids is 1. The van der Waals surface area contributed by atoms with Gasteiger partial charge in [0.25, 0.3) is 0 Å². The molecule has 1 aliphatic rings. The lowest BCUT2D eigenvalue weighted by Crippen LogP contribution is -2.42. The van der Waals surface area contributed by atoms with Crippen LogP contribution in [0, 0.1) is 0 Å². The first-order valence-electron chi connectivity index (χ1n) is 8.57. The van der Waals surface area contributed by atoms with Crippen molar-refractivity contribution in [2.75, 3.05) is 13.2 Å². The molecule has 0 saturated heterocycles. The van der Waals surface area contributed by atoms with Gasteiger partial charge in [-0.3, -0.25) is 9.78 Å². The van der Waals surface area contributed by atoms with Gasteiger partial charge in [0.15, 0.2) is 0 Å². The number of aromatic nitrogens is 3. The van der Waals surface area contributed by atoms with E-state index in [-0.39, 0.29) is 11.9 Å². The van der Waals surface area contributed by atoms with Crippen molar-refractivity contribution in [2.24, 2.45) is 0 Å². The van der Waals surface area contributed by atoms with Gasteiger partial charge in [-0.1, -0.05) is 12.1 Å². The van der Waals surface area contributed by atoms with Gasteiger partial charge in [0.2, 0.25) is 5.91 Å². The second-order valence-electron chi connectivity index (χ2n) is 6.35. The zero-order valence-corrected chi connectivity index (χ0v) is 15.1. The summed E-state index contributed by atoms with van der Waals surface area (Å²) >= 11 is 1.62. The van der Waals surface area contributed by atoms with Crippen molar-refractivity contribution in [1.29, 1.82) is 0 Å². The average Bonchev–Trinajstić information content (AvgIpc) is 3.34. The number of fused-ring (bicyclic) bond motifs is 1. The number of imidazole rings is 1. The second-order valence-corrected chi connectivity index (χ2v) is 7.39. The highest BCUT2D eigenvalue weighted by Gasteiger charge is 2.28. The van der Waals surface area contributed by atoms with Gasteiger partial charge >= 0.3 is 0 Å². The minimum Gasteiger partial charge on any atom is -0.374 e. The van der Waals surface area contributed by atoms with Crippen LogP contribution in [0.1, 0.15) is 22.2 Å². The molecule has 0 N–H and O–H groups in total. The molecule has 0 saturated carbocycles. The number of amides is 1. The molecule has 26 heavy (non-hydrogen) atoms. The summed E-state index contributed by atoms with van der Waals surface area (Å²) in [4.78, 5) is 24.1. The van der Waals surface area contributed by atoms with Crippen molar-refractivity contribution < 1.29 is 9.53 Å². The van der Waals surface area contributed by atoms with Gasteiger partial charge in [0.1, 0.15) is 0 Å². The number of rotatable bonds is 6. The maximum Gasteiger partial charge on any atom is 0.228 e. The lowest BCUT2D eigenvalue weighted by atomic mass is 10.1. The van der Waals surface area contributed by atoms with Crippen LogP contribution < -0.4 is 0 Å². The summed E-state index contributed by atoms with van der Waals surface area (Å²) < 4.78 is 8.02. The first-order valence-corrected chi connectivity index (χ1v) is 9.45. The molecule has 1 aliphatic heterocycles. The molecule has 0 unspecified atom stereocenters. The van der Waals surface area contributed by atoms with Gasteiger partial charge in [-0.05, 0) is 23.1 Å². The SMILES string of the molecule is O=C(Cc1cccs1)N1Cc2cncn2[C@@H](COCc2cccnc2)C1. The molecule has 4 rings (SSSR count). The Hall–Kier alpha value is -2.51. The average molecular weight is 368 g/mol. The summed E-state index contributed by atoms with van der Waals surface area (Å²) in [6, 6.07) is 7.95. The summed E-state index contributed by atoms with van der Waals surface area (Å²) in [6.07, 6.45) is 7.67. The van der Waals surface area contributed by atoms with Gasteiger partial charge in [0.05, 0.1) is 44.2 Å². The smallest absolute Gasteiger partial charge is 0.228 e. The molecule has 134 valence electrons. The minimum absolute atomic E-state index is 0.0743. The van der Waals surface area contributed by atoms with Gasteiger partial charge in [0, 0.05) is 30.0 Å². The largest absolute Gasteiger partial charge is 0.374 e. The maximum atomic E-state index is 12.7. The molecule has 3 aromatic heterocycles. The quantitative estimate of drug-likeness (QED) is 0.671. The van der Waals surface area contributed by atoms with E-state index in [1.54, 1.807) is 23.7 Å². The van der Waals surface area contributed by atoms with E-state index < -0.39 is 0 Å². The van der Waals surface area contributed by atoms with E-state index >= 15 is 0 Å². The fraction of sp³-hybridized carbons (Fsp3) is 0.316. The summed E-state index contributed by atoms with van der Waals surface area (Å²) in [5.41, 5.74) is 2.09. The molecular formula is C19H20N4O2S. The molecule has 0 spiro atoms. The Morgan fingerprint density at radius 3 is 3.04 bits per heavy atom. The fourth-order valence-corrected chi connectivity index (χ4v) is 3.87. The van der Waals surface area contributed by atoms with Crippen LogP contribution in [0.25, 0.3) is 0 Å². The zero-order valence-electron chi connectivity index (χ0n) is 14.3. The van der Waals surface area contributed by atoms with Crippen molar-refractivity contribution in [3.8, 4) is 0 Å².